The molecule has 0 aliphatic carbocycles. The van der Waals surface area contributed by atoms with Crippen LogP contribution in [0.4, 0.5) is 11.4 Å². The molecule has 0 heterocycles. The highest BCUT2D eigenvalue weighted by atomic mass is 35.5. The van der Waals surface area contributed by atoms with E-state index in [1.807, 2.05) is 26.0 Å². The summed E-state index contributed by atoms with van der Waals surface area (Å²) in [6.45, 7) is 5.41. The molecule has 0 radical (unpaired) electrons. The van der Waals surface area contributed by atoms with Gasteiger partial charge in [-0.1, -0.05) is 37.6 Å². The first kappa shape index (κ1) is 19.8. The standard InChI is InChI=1S/C20H23ClN2O3/c1-12(2)19(14-5-7-15(21)8-6-14)20(25)23-17-11-16(22-13(3)24)9-10-18(17)26-4/h5-12,19H,1-4H3,(H,22,24)(H,23,25). The van der Waals surface area contributed by atoms with Crippen LogP contribution in [0.1, 0.15) is 32.3 Å². The van der Waals surface area contributed by atoms with Gasteiger partial charge in [0, 0.05) is 17.6 Å². The van der Waals surface area contributed by atoms with E-state index in [-0.39, 0.29) is 23.7 Å². The molecule has 0 aromatic heterocycles. The molecule has 0 saturated heterocycles. The lowest BCUT2D eigenvalue weighted by Crippen LogP contribution is -2.25. The van der Waals surface area contributed by atoms with Crippen molar-refractivity contribution in [2.45, 2.75) is 26.7 Å². The van der Waals surface area contributed by atoms with Gasteiger partial charge in [0.1, 0.15) is 5.75 Å². The predicted molar refractivity (Wildman–Crippen MR) is 105 cm³/mol. The number of hydrogen-bond donors (Lipinski definition) is 2. The van der Waals surface area contributed by atoms with Crippen LogP contribution >= 0.6 is 11.6 Å². The molecule has 2 aromatic carbocycles. The van der Waals surface area contributed by atoms with E-state index < -0.39 is 0 Å². The maximum Gasteiger partial charge on any atom is 0.232 e. The summed E-state index contributed by atoms with van der Waals surface area (Å²) in [5.41, 5.74) is 1.98. The van der Waals surface area contributed by atoms with Gasteiger partial charge in [-0.25, -0.2) is 0 Å². The summed E-state index contributed by atoms with van der Waals surface area (Å²) in [4.78, 5) is 24.2. The van der Waals surface area contributed by atoms with E-state index in [0.29, 0.717) is 22.1 Å². The summed E-state index contributed by atoms with van der Waals surface area (Å²) in [6.07, 6.45) is 0. The summed E-state index contributed by atoms with van der Waals surface area (Å²) in [5.74, 6) is -0.0811. The summed E-state index contributed by atoms with van der Waals surface area (Å²) in [6, 6.07) is 12.4. The van der Waals surface area contributed by atoms with Gasteiger partial charge in [-0.05, 0) is 41.8 Å². The van der Waals surface area contributed by atoms with Gasteiger partial charge in [0.15, 0.2) is 0 Å². The number of rotatable bonds is 6. The van der Waals surface area contributed by atoms with E-state index in [0.717, 1.165) is 5.56 Å². The first-order chi connectivity index (χ1) is 12.3. The van der Waals surface area contributed by atoms with Crippen molar-refractivity contribution in [3.8, 4) is 5.75 Å². The van der Waals surface area contributed by atoms with Crippen molar-refractivity contribution in [3.63, 3.8) is 0 Å². The zero-order valence-corrected chi connectivity index (χ0v) is 16.1. The molecule has 26 heavy (non-hydrogen) atoms. The Labute approximate surface area is 158 Å². The van der Waals surface area contributed by atoms with E-state index in [1.165, 1.54) is 14.0 Å². The monoisotopic (exact) mass is 374 g/mol. The smallest absolute Gasteiger partial charge is 0.232 e. The molecule has 0 saturated carbocycles. The number of methoxy groups -OCH3 is 1. The molecule has 2 amide bonds. The maximum atomic E-state index is 13.0. The van der Waals surface area contributed by atoms with Gasteiger partial charge < -0.3 is 15.4 Å². The van der Waals surface area contributed by atoms with Crippen molar-refractivity contribution in [1.82, 2.24) is 0 Å². The minimum Gasteiger partial charge on any atom is -0.495 e. The van der Waals surface area contributed by atoms with Crippen LogP contribution in [0, 0.1) is 5.92 Å². The molecule has 5 nitrogen and oxygen atoms in total. The third-order valence-corrected chi connectivity index (χ3v) is 4.21. The van der Waals surface area contributed by atoms with E-state index in [9.17, 15) is 9.59 Å². The second-order valence-electron chi connectivity index (χ2n) is 6.36. The molecule has 2 aromatic rings. The maximum absolute atomic E-state index is 13.0. The second-order valence-corrected chi connectivity index (χ2v) is 6.80. The van der Waals surface area contributed by atoms with Crippen LogP contribution in [-0.2, 0) is 9.59 Å². The lowest BCUT2D eigenvalue weighted by molar-refractivity contribution is -0.118. The highest BCUT2D eigenvalue weighted by molar-refractivity contribution is 6.30. The fourth-order valence-electron chi connectivity index (χ4n) is 2.81. The Kier molecular flexibility index (Phi) is 6.64. The van der Waals surface area contributed by atoms with Crippen LogP contribution in [0.5, 0.6) is 5.75 Å². The summed E-state index contributed by atoms with van der Waals surface area (Å²) in [7, 11) is 1.53. The highest BCUT2D eigenvalue weighted by Crippen LogP contribution is 2.32. The molecular formula is C20H23ClN2O3. The van der Waals surface area contributed by atoms with E-state index in [2.05, 4.69) is 10.6 Å². The molecule has 138 valence electrons. The summed E-state index contributed by atoms with van der Waals surface area (Å²) in [5, 5.41) is 6.25. The van der Waals surface area contributed by atoms with Gasteiger partial charge in [-0.2, -0.15) is 0 Å². The van der Waals surface area contributed by atoms with Gasteiger partial charge in [0.2, 0.25) is 11.8 Å². The Morgan fingerprint density at radius 1 is 1.04 bits per heavy atom. The number of hydrogen-bond acceptors (Lipinski definition) is 3. The SMILES string of the molecule is COc1ccc(NC(C)=O)cc1NC(=O)C(c1ccc(Cl)cc1)C(C)C. The van der Waals surface area contributed by atoms with Crippen LogP contribution in [0.15, 0.2) is 42.5 Å². The van der Waals surface area contributed by atoms with E-state index >= 15 is 0 Å². The van der Waals surface area contributed by atoms with Crippen LogP contribution in [0.2, 0.25) is 5.02 Å². The molecule has 1 atom stereocenters. The van der Waals surface area contributed by atoms with Crippen molar-refractivity contribution < 1.29 is 14.3 Å². The molecular weight excluding hydrogens is 352 g/mol. The molecule has 0 aliphatic rings. The Hall–Kier alpha value is -2.53. The largest absolute Gasteiger partial charge is 0.495 e. The molecule has 1 unspecified atom stereocenters. The third kappa shape index (κ3) is 4.99. The van der Waals surface area contributed by atoms with Gasteiger partial charge >= 0.3 is 0 Å². The lowest BCUT2D eigenvalue weighted by Gasteiger charge is -2.22. The zero-order chi connectivity index (χ0) is 19.3. The highest BCUT2D eigenvalue weighted by Gasteiger charge is 2.25. The van der Waals surface area contributed by atoms with Gasteiger partial charge in [-0.3, -0.25) is 9.59 Å². The number of carbonyl (C=O) groups excluding carboxylic acids is 2. The molecule has 0 fully saturated rings. The topological polar surface area (TPSA) is 67.4 Å². The third-order valence-electron chi connectivity index (χ3n) is 3.96. The minimum absolute atomic E-state index is 0.0840. The first-order valence-corrected chi connectivity index (χ1v) is 8.71. The lowest BCUT2D eigenvalue weighted by atomic mass is 9.87. The second kappa shape index (κ2) is 8.72. The van der Waals surface area contributed by atoms with E-state index in [1.54, 1.807) is 30.3 Å². The minimum atomic E-state index is -0.346. The average molecular weight is 375 g/mol. The van der Waals surface area contributed by atoms with Gasteiger partial charge in [0.05, 0.1) is 18.7 Å². The number of benzene rings is 2. The van der Waals surface area contributed by atoms with Crippen molar-refractivity contribution in [2.24, 2.45) is 5.92 Å². The summed E-state index contributed by atoms with van der Waals surface area (Å²) >= 11 is 5.95. The fourth-order valence-corrected chi connectivity index (χ4v) is 2.93. The predicted octanol–water partition coefficient (Wildman–Crippen LogP) is 4.69. The fraction of sp³-hybridized carbons (Fsp3) is 0.300. The van der Waals surface area contributed by atoms with Crippen LogP contribution in [0.25, 0.3) is 0 Å². The average Bonchev–Trinajstić information content (AvgIpc) is 2.56. The number of amides is 2. The number of nitrogens with one attached hydrogen (secondary N) is 2. The number of anilines is 2. The molecule has 2 rings (SSSR count). The van der Waals surface area contributed by atoms with Crippen molar-refractivity contribution in [3.05, 3.63) is 53.1 Å². The quantitative estimate of drug-likeness (QED) is 0.771. The van der Waals surface area contributed by atoms with Crippen molar-refractivity contribution in [2.75, 3.05) is 17.7 Å². The van der Waals surface area contributed by atoms with Gasteiger partial charge in [0.25, 0.3) is 0 Å². The number of halogens is 1. The number of ether oxygens (including phenoxy) is 1. The Morgan fingerprint density at radius 3 is 2.23 bits per heavy atom. The van der Waals surface area contributed by atoms with Crippen molar-refractivity contribution in [1.29, 1.82) is 0 Å². The number of carbonyl (C=O) groups is 2. The molecule has 6 heteroatoms. The Bertz CT molecular complexity index is 788. The Balaban J connectivity index is 2.30. The molecule has 0 spiro atoms. The molecule has 2 N–H and O–H groups in total. The van der Waals surface area contributed by atoms with Crippen LogP contribution < -0.4 is 15.4 Å². The molecule has 0 aliphatic heterocycles. The van der Waals surface area contributed by atoms with E-state index in [4.69, 9.17) is 16.3 Å². The molecule has 0 bridgehead atoms. The van der Waals surface area contributed by atoms with Crippen LogP contribution in [-0.4, -0.2) is 18.9 Å². The van der Waals surface area contributed by atoms with Crippen LogP contribution in [0.3, 0.4) is 0 Å². The van der Waals surface area contributed by atoms with Gasteiger partial charge in [-0.15, -0.1) is 0 Å². The first-order valence-electron chi connectivity index (χ1n) is 8.33. The zero-order valence-electron chi connectivity index (χ0n) is 15.3. The van der Waals surface area contributed by atoms with Crippen molar-refractivity contribution >= 4 is 34.8 Å². The Morgan fingerprint density at radius 2 is 1.69 bits per heavy atom. The summed E-state index contributed by atoms with van der Waals surface area (Å²) < 4.78 is 5.32. The normalized spacial score (nSPS) is 11.8.